The molecule has 17 nitrogen and oxygen atoms in total. The highest BCUT2D eigenvalue weighted by atomic mass is 16.4. The number of phenols is 2. The number of amides is 2. The number of carbonyl (C=O) groups excluding carboxylic acids is 6. The molecule has 9 atom stereocenters. The second-order valence-corrected chi connectivity index (χ2v) is 18.0. The van der Waals surface area contributed by atoms with Crippen molar-refractivity contribution in [1.29, 1.82) is 0 Å². The van der Waals surface area contributed by atoms with Crippen molar-refractivity contribution < 1.29 is 69.6 Å². The molecule has 6 aliphatic rings. The monoisotopic (exact) mass is 889 g/mol. The lowest BCUT2D eigenvalue weighted by Crippen LogP contribution is -2.69. The molecule has 2 fully saturated rings. The van der Waals surface area contributed by atoms with Gasteiger partial charge in [-0.25, -0.2) is 0 Å². The number of fused-ring (bicyclic) bond motifs is 6. The molecule has 6 aliphatic carbocycles. The Morgan fingerprint density at radius 1 is 0.754 bits per heavy atom. The number of aromatic hydroxyl groups is 2. The molecule has 338 valence electrons. The van der Waals surface area contributed by atoms with Gasteiger partial charge < -0.3 is 52.3 Å². The van der Waals surface area contributed by atoms with Crippen molar-refractivity contribution >= 4 is 40.7 Å². The second kappa shape index (κ2) is 16.0. The Labute approximate surface area is 371 Å². The molecule has 2 unspecified atom stereocenters. The van der Waals surface area contributed by atoms with Gasteiger partial charge >= 0.3 is 0 Å². The number of primary amides is 2. The number of aliphatic hydroxyl groups excluding tert-OH is 4. The first-order valence-electron chi connectivity index (χ1n) is 21.2. The predicted molar refractivity (Wildman–Crippen MR) is 227 cm³/mol. The summed E-state index contributed by atoms with van der Waals surface area (Å²) >= 11 is 0. The summed E-state index contributed by atoms with van der Waals surface area (Å²) in [5.41, 5.74) is 5.27. The van der Waals surface area contributed by atoms with Gasteiger partial charge in [0, 0.05) is 47.8 Å². The number of carbonyl (C=O) groups is 6. The van der Waals surface area contributed by atoms with Gasteiger partial charge in [0.1, 0.15) is 46.0 Å². The molecule has 2 aromatic carbocycles. The van der Waals surface area contributed by atoms with Crippen molar-refractivity contribution in [2.45, 2.75) is 81.1 Å². The Hall–Kier alpha value is -6.76. The summed E-state index contributed by atoms with van der Waals surface area (Å²) in [6.07, 6.45) is -0.00893. The molecule has 0 saturated heterocycles. The van der Waals surface area contributed by atoms with Crippen LogP contribution in [0.15, 0.2) is 52.5 Å². The van der Waals surface area contributed by atoms with Crippen molar-refractivity contribution in [3.8, 4) is 35.2 Å². The van der Waals surface area contributed by atoms with Crippen LogP contribution in [0, 0.1) is 53.3 Å². The van der Waals surface area contributed by atoms with Crippen molar-refractivity contribution in [2.24, 2.45) is 41.1 Å². The van der Waals surface area contributed by atoms with Crippen LogP contribution < -0.4 is 11.5 Å². The van der Waals surface area contributed by atoms with Gasteiger partial charge in [0.05, 0.1) is 23.1 Å². The van der Waals surface area contributed by atoms with Gasteiger partial charge in [0.25, 0.3) is 11.8 Å². The molecule has 2 aromatic rings. The minimum atomic E-state index is -2.66. The Bertz CT molecular complexity index is 2780. The zero-order chi connectivity index (χ0) is 47.2. The summed E-state index contributed by atoms with van der Waals surface area (Å²) in [4.78, 5) is 79.6. The smallest absolute Gasteiger partial charge is 0.255 e. The van der Waals surface area contributed by atoms with Gasteiger partial charge in [-0.2, -0.15) is 0 Å². The molecule has 0 bridgehead atoms. The topological polar surface area (TPSA) is 320 Å². The van der Waals surface area contributed by atoms with E-state index in [0.29, 0.717) is 47.9 Å². The van der Waals surface area contributed by atoms with Gasteiger partial charge in [-0.15, -0.1) is 0 Å². The number of hydrogen-bond acceptors (Lipinski definition) is 15. The number of benzene rings is 2. The molecular weight excluding hydrogens is 843 g/mol. The molecule has 0 heterocycles. The standard InChI is InChI=1S/C48H47N3O14/c1-51(2)37-27-18-23-17-26-21(12-14-29(53)34(26)39(56)32(23)42(59)48(27,65)44(61)36(40(37)57)46(50)63)10-8-6-4-3-5-7-9-20-11-13-28(52)33-25(20)16-22-15-24-19-30(54)35(45(49)62)43(60)47(24,64)41(58)31(22)38(33)55/h11-14,22-24,27,32,37,42,52-53,55,59-61,64-65H,3-6,15-19H2,1-2H3,(H2,49,62)(H2,50,63)/t22-,23+,24+,27+,32?,37+,42?,47+,48+/m1/s1. The number of rotatable bonds is 6. The first-order valence-corrected chi connectivity index (χ1v) is 21.2. The number of Topliss-reactive ketones (excluding diaryl/α,β-unsaturated/α-hetero) is 4. The highest BCUT2D eigenvalue weighted by molar-refractivity contribution is 6.23. The van der Waals surface area contributed by atoms with Crippen LogP contribution in [-0.2, 0) is 36.8 Å². The normalized spacial score (nSPS) is 30.2. The van der Waals surface area contributed by atoms with E-state index < -0.39 is 123 Å². The molecule has 12 N–H and O–H groups in total. The third-order valence-corrected chi connectivity index (χ3v) is 14.3. The van der Waals surface area contributed by atoms with Crippen molar-refractivity contribution in [2.75, 3.05) is 14.1 Å². The second-order valence-electron chi connectivity index (χ2n) is 18.0. The van der Waals surface area contributed by atoms with Crippen LogP contribution in [0.4, 0.5) is 0 Å². The third-order valence-electron chi connectivity index (χ3n) is 14.3. The summed E-state index contributed by atoms with van der Waals surface area (Å²) in [7, 11) is 3.10. The van der Waals surface area contributed by atoms with Gasteiger partial charge in [-0.3, -0.25) is 33.7 Å². The van der Waals surface area contributed by atoms with Crippen LogP contribution >= 0.6 is 0 Å². The molecule has 2 amide bonds. The van der Waals surface area contributed by atoms with E-state index in [0.717, 1.165) is 0 Å². The highest BCUT2D eigenvalue weighted by Gasteiger charge is 2.66. The number of nitrogens with zero attached hydrogens (tertiary/aromatic N) is 1. The van der Waals surface area contributed by atoms with Crippen LogP contribution in [0.5, 0.6) is 11.5 Å². The van der Waals surface area contributed by atoms with E-state index in [2.05, 4.69) is 23.7 Å². The summed E-state index contributed by atoms with van der Waals surface area (Å²) in [6.45, 7) is 0. The van der Waals surface area contributed by atoms with E-state index in [9.17, 15) is 69.6 Å². The maximum Gasteiger partial charge on any atom is 0.255 e. The van der Waals surface area contributed by atoms with Crippen LogP contribution in [0.25, 0.3) is 5.76 Å². The lowest BCUT2D eigenvalue weighted by atomic mass is 9.53. The van der Waals surface area contributed by atoms with Crippen LogP contribution in [0.3, 0.4) is 0 Å². The minimum absolute atomic E-state index is 0.000316. The van der Waals surface area contributed by atoms with Crippen LogP contribution in [0.1, 0.15) is 83.1 Å². The Kier molecular flexibility index (Phi) is 11.1. The Balaban J connectivity index is 0.965. The van der Waals surface area contributed by atoms with Gasteiger partial charge in [0.15, 0.2) is 28.6 Å². The van der Waals surface area contributed by atoms with Crippen LogP contribution in [0.2, 0.25) is 0 Å². The summed E-state index contributed by atoms with van der Waals surface area (Å²) in [5, 5.41) is 90.0. The zero-order valence-electron chi connectivity index (χ0n) is 35.3. The molecule has 2 saturated carbocycles. The molecule has 17 heteroatoms. The SMILES string of the molecule is CN(C)[C@@H]1C(=O)C(C(N)=O)=C(O)[C@@]2(O)C(O)C3C(=O)c4c(O)ccc(C#CCCCCC#Cc5ccc(O)c6c5C[C@H]5C[C@H]7CC(=O)C(C(N)=O)=C(O)[C@@]7(O)C(=O)C5=C6O)c4C[C@H]3C[C@@H]12. The number of nitrogens with two attached hydrogens (primary N) is 2. The number of hydrogen-bond donors (Lipinski definition) is 10. The van der Waals surface area contributed by atoms with E-state index in [1.807, 2.05) is 0 Å². The summed E-state index contributed by atoms with van der Waals surface area (Å²) in [6, 6.07) is 4.65. The van der Waals surface area contributed by atoms with Crippen molar-refractivity contribution in [3.63, 3.8) is 0 Å². The fourth-order valence-electron chi connectivity index (χ4n) is 11.3. The van der Waals surface area contributed by atoms with E-state index in [1.165, 1.54) is 17.0 Å². The largest absolute Gasteiger partial charge is 0.508 e. The summed E-state index contributed by atoms with van der Waals surface area (Å²) < 4.78 is 0. The van der Waals surface area contributed by atoms with E-state index >= 15 is 0 Å². The third kappa shape index (κ3) is 6.64. The lowest BCUT2D eigenvalue weighted by molar-refractivity contribution is -0.183. The first kappa shape index (κ1) is 44.8. The predicted octanol–water partition coefficient (Wildman–Crippen LogP) is 0.987. The van der Waals surface area contributed by atoms with Gasteiger partial charge in [0.2, 0.25) is 5.78 Å². The van der Waals surface area contributed by atoms with E-state index in [4.69, 9.17) is 11.5 Å². The quantitative estimate of drug-likeness (QED) is 0.110. The molecule has 65 heavy (non-hydrogen) atoms. The minimum Gasteiger partial charge on any atom is -0.508 e. The molecule has 0 aromatic heterocycles. The van der Waals surface area contributed by atoms with E-state index in [-0.39, 0.29) is 53.9 Å². The fourth-order valence-corrected chi connectivity index (χ4v) is 11.3. The average Bonchev–Trinajstić information content (AvgIpc) is 3.22. The fraction of sp³-hybridized carbons (Fsp3) is 0.417. The molecule has 0 aliphatic heterocycles. The maximum absolute atomic E-state index is 14.1. The molecule has 8 rings (SSSR count). The number of phenolic OH excluding ortho intramolecular Hbond substituents is 2. The molecule has 0 spiro atoms. The lowest BCUT2D eigenvalue weighted by Gasteiger charge is -2.55. The average molecular weight is 890 g/mol. The number of unbranched alkanes of at least 4 members (excludes halogenated alkanes) is 3. The van der Waals surface area contributed by atoms with Crippen molar-refractivity contribution in [3.05, 3.63) is 85.9 Å². The molecule has 0 radical (unpaired) electrons. The first-order chi connectivity index (χ1) is 30.7. The zero-order valence-corrected chi connectivity index (χ0v) is 35.3. The number of likely N-dealkylation sites (N-methyl/N-ethyl adjacent to an activating group) is 1. The summed E-state index contributed by atoms with van der Waals surface area (Å²) in [5.74, 6) is -1.92. The van der Waals surface area contributed by atoms with E-state index in [1.54, 1.807) is 26.2 Å². The Morgan fingerprint density at radius 3 is 1.89 bits per heavy atom. The maximum atomic E-state index is 14.1. The highest BCUT2D eigenvalue weighted by Crippen LogP contribution is 2.55. The number of aliphatic hydroxyl groups is 6. The Morgan fingerprint density at radius 2 is 1.32 bits per heavy atom. The molecular formula is C48H47N3O14. The van der Waals surface area contributed by atoms with Crippen molar-refractivity contribution in [1.82, 2.24) is 4.90 Å². The number of ketones is 4. The van der Waals surface area contributed by atoms with Crippen LogP contribution in [-0.4, -0.2) is 118 Å². The van der Waals surface area contributed by atoms with Gasteiger partial charge in [-0.1, -0.05) is 23.7 Å². The van der Waals surface area contributed by atoms with Gasteiger partial charge in [-0.05, 0) is 99.8 Å².